The molecule has 0 bridgehead atoms. The fourth-order valence-electron chi connectivity index (χ4n) is 3.69. The molecule has 2 aliphatic rings. The lowest BCUT2D eigenvalue weighted by Gasteiger charge is -2.34. The van der Waals surface area contributed by atoms with Gasteiger partial charge in [-0.1, -0.05) is 32.6 Å². The molecule has 1 saturated heterocycles. The molecular weight excluding hydrogens is 276 g/mol. The van der Waals surface area contributed by atoms with E-state index in [2.05, 4.69) is 24.9 Å². The number of thioether (sulfide) groups is 1. The lowest BCUT2D eigenvalue weighted by Crippen LogP contribution is -2.26. The summed E-state index contributed by atoms with van der Waals surface area (Å²) in [5.74, 6) is 1.37. The molecule has 1 heterocycles. The molecule has 0 aromatic carbocycles. The molecule has 1 nitrogen and oxygen atoms in total. The number of hydrogen-bond donors (Lipinski definition) is 0. The Balaban J connectivity index is 1.67. The highest BCUT2D eigenvalue weighted by atomic mass is 32.2. The summed E-state index contributed by atoms with van der Waals surface area (Å²) in [5, 5.41) is 0. The molecule has 2 rings (SSSR count). The highest BCUT2D eigenvalue weighted by Crippen LogP contribution is 2.40. The number of hydrogen-bond acceptors (Lipinski definition) is 2. The molecule has 1 aliphatic heterocycles. The minimum absolute atomic E-state index is 0.557. The molecule has 1 aliphatic carbocycles. The number of rotatable bonds is 6. The Hall–Kier alpha value is -0.110. The zero-order chi connectivity index (χ0) is 14.8. The molecule has 0 N–H and O–H groups in total. The van der Waals surface area contributed by atoms with E-state index >= 15 is 0 Å². The first-order chi connectivity index (χ1) is 10.3. The number of ether oxygens (including phenoxy) is 1. The third-order valence-electron chi connectivity index (χ3n) is 5.22. The fraction of sp³-hybridized carbons (Fsp3) is 0.895. The maximum Gasteiger partial charge on any atom is 0.0873 e. The van der Waals surface area contributed by atoms with Gasteiger partial charge in [0, 0.05) is 4.75 Å². The summed E-state index contributed by atoms with van der Waals surface area (Å²) in [4.78, 5) is 0. The van der Waals surface area contributed by atoms with Crippen LogP contribution in [-0.2, 0) is 4.74 Å². The zero-order valence-electron chi connectivity index (χ0n) is 14.0. The van der Waals surface area contributed by atoms with Gasteiger partial charge in [-0.05, 0) is 69.1 Å². The lowest BCUT2D eigenvalue weighted by atomic mass is 9.92. The van der Waals surface area contributed by atoms with Crippen LogP contribution in [0.5, 0.6) is 0 Å². The standard InChI is InChI=1S/C19H34OS/c1-2-19(13-8-3-4-9-16-21-19)14-10-15-20-17-18-11-6-5-7-12-18/h17H,2-16H2,1H3. The van der Waals surface area contributed by atoms with E-state index in [1.807, 2.05) is 0 Å². The van der Waals surface area contributed by atoms with Crippen LogP contribution in [0.15, 0.2) is 11.8 Å². The summed E-state index contributed by atoms with van der Waals surface area (Å²) >= 11 is 2.26. The van der Waals surface area contributed by atoms with Gasteiger partial charge >= 0.3 is 0 Å². The van der Waals surface area contributed by atoms with Crippen LogP contribution >= 0.6 is 11.8 Å². The van der Waals surface area contributed by atoms with Crippen molar-refractivity contribution in [2.24, 2.45) is 0 Å². The highest BCUT2D eigenvalue weighted by molar-refractivity contribution is 8.00. The molecular formula is C19H34OS. The molecule has 0 aromatic rings. The average molecular weight is 311 g/mol. The largest absolute Gasteiger partial charge is 0.501 e. The molecule has 1 unspecified atom stereocenters. The molecule has 21 heavy (non-hydrogen) atoms. The van der Waals surface area contributed by atoms with E-state index in [-0.39, 0.29) is 0 Å². The zero-order valence-corrected chi connectivity index (χ0v) is 14.8. The van der Waals surface area contributed by atoms with Gasteiger partial charge < -0.3 is 4.74 Å². The van der Waals surface area contributed by atoms with Gasteiger partial charge in [0.15, 0.2) is 0 Å². The first-order valence-electron chi connectivity index (χ1n) is 9.28. The molecule has 0 aromatic heterocycles. The van der Waals surface area contributed by atoms with Crippen LogP contribution in [0.25, 0.3) is 0 Å². The summed E-state index contributed by atoms with van der Waals surface area (Å²) in [5.41, 5.74) is 1.55. The van der Waals surface area contributed by atoms with Crippen molar-refractivity contribution in [3.05, 3.63) is 11.8 Å². The van der Waals surface area contributed by atoms with Gasteiger partial charge in [0.1, 0.15) is 0 Å². The van der Waals surface area contributed by atoms with Crippen LogP contribution < -0.4 is 0 Å². The average Bonchev–Trinajstić information content (AvgIpc) is 2.50. The van der Waals surface area contributed by atoms with Crippen molar-refractivity contribution in [2.45, 2.75) is 95.1 Å². The van der Waals surface area contributed by atoms with Crippen LogP contribution in [0.1, 0.15) is 90.4 Å². The van der Waals surface area contributed by atoms with Crippen molar-refractivity contribution in [1.82, 2.24) is 0 Å². The molecule has 0 amide bonds. The lowest BCUT2D eigenvalue weighted by molar-refractivity contribution is 0.228. The van der Waals surface area contributed by atoms with E-state index < -0.39 is 0 Å². The molecule has 0 radical (unpaired) electrons. The van der Waals surface area contributed by atoms with Crippen molar-refractivity contribution in [3.8, 4) is 0 Å². The van der Waals surface area contributed by atoms with Crippen molar-refractivity contribution < 1.29 is 4.74 Å². The van der Waals surface area contributed by atoms with Gasteiger partial charge in [-0.15, -0.1) is 0 Å². The first-order valence-corrected chi connectivity index (χ1v) is 10.3. The fourth-order valence-corrected chi connectivity index (χ4v) is 5.26. The molecule has 2 heteroatoms. The Labute approximate surface area is 136 Å². The van der Waals surface area contributed by atoms with Crippen LogP contribution in [0.4, 0.5) is 0 Å². The van der Waals surface area contributed by atoms with E-state index in [0.29, 0.717) is 4.75 Å². The Kier molecular flexibility index (Phi) is 8.06. The van der Waals surface area contributed by atoms with E-state index in [1.54, 1.807) is 5.57 Å². The van der Waals surface area contributed by atoms with Crippen LogP contribution in [0.3, 0.4) is 0 Å². The molecule has 1 saturated carbocycles. The molecule has 122 valence electrons. The van der Waals surface area contributed by atoms with Gasteiger partial charge in [-0.25, -0.2) is 0 Å². The predicted octanol–water partition coefficient (Wildman–Crippen LogP) is 6.48. The van der Waals surface area contributed by atoms with E-state index in [9.17, 15) is 0 Å². The van der Waals surface area contributed by atoms with Crippen molar-refractivity contribution in [2.75, 3.05) is 12.4 Å². The van der Waals surface area contributed by atoms with Gasteiger partial charge in [-0.3, -0.25) is 0 Å². The third-order valence-corrected chi connectivity index (χ3v) is 7.02. The second-order valence-corrected chi connectivity index (χ2v) is 8.42. The van der Waals surface area contributed by atoms with Crippen molar-refractivity contribution >= 4 is 11.8 Å². The second kappa shape index (κ2) is 9.82. The quantitative estimate of drug-likeness (QED) is 0.410. The van der Waals surface area contributed by atoms with Gasteiger partial charge in [0.25, 0.3) is 0 Å². The number of allylic oxidation sites excluding steroid dienone is 1. The van der Waals surface area contributed by atoms with Crippen LogP contribution in [0, 0.1) is 0 Å². The van der Waals surface area contributed by atoms with Gasteiger partial charge in [0.05, 0.1) is 12.9 Å². The Morgan fingerprint density at radius 2 is 1.81 bits per heavy atom. The predicted molar refractivity (Wildman–Crippen MR) is 94.9 cm³/mol. The van der Waals surface area contributed by atoms with Gasteiger partial charge in [0.2, 0.25) is 0 Å². The normalized spacial score (nSPS) is 27.8. The second-order valence-electron chi connectivity index (χ2n) is 6.86. The summed E-state index contributed by atoms with van der Waals surface area (Å²) in [6.07, 6.45) is 19.9. The van der Waals surface area contributed by atoms with Crippen molar-refractivity contribution in [1.29, 1.82) is 0 Å². The SMILES string of the molecule is CCC1(CCCOC=C2CCCCC2)CCCCCCS1. The van der Waals surface area contributed by atoms with Gasteiger partial charge in [-0.2, -0.15) is 11.8 Å². The highest BCUT2D eigenvalue weighted by Gasteiger charge is 2.28. The molecule has 2 fully saturated rings. The van der Waals surface area contributed by atoms with Crippen LogP contribution in [-0.4, -0.2) is 17.1 Å². The molecule has 0 spiro atoms. The van der Waals surface area contributed by atoms with E-state index in [0.717, 1.165) is 6.61 Å². The maximum absolute atomic E-state index is 5.84. The smallest absolute Gasteiger partial charge is 0.0873 e. The monoisotopic (exact) mass is 310 g/mol. The summed E-state index contributed by atoms with van der Waals surface area (Å²) in [7, 11) is 0. The Bertz CT molecular complexity index is 295. The minimum Gasteiger partial charge on any atom is -0.501 e. The van der Waals surface area contributed by atoms with E-state index in [1.165, 1.54) is 89.2 Å². The minimum atomic E-state index is 0.557. The topological polar surface area (TPSA) is 9.23 Å². The van der Waals surface area contributed by atoms with E-state index in [4.69, 9.17) is 4.74 Å². The summed E-state index contributed by atoms with van der Waals surface area (Å²) < 4.78 is 6.40. The summed E-state index contributed by atoms with van der Waals surface area (Å²) in [6.45, 7) is 3.31. The maximum atomic E-state index is 5.84. The third kappa shape index (κ3) is 6.26. The van der Waals surface area contributed by atoms with Crippen LogP contribution in [0.2, 0.25) is 0 Å². The molecule has 1 atom stereocenters. The summed E-state index contributed by atoms with van der Waals surface area (Å²) in [6, 6.07) is 0. The first kappa shape index (κ1) is 17.2. The van der Waals surface area contributed by atoms with Crippen molar-refractivity contribution in [3.63, 3.8) is 0 Å². The Morgan fingerprint density at radius 3 is 2.62 bits per heavy atom. The Morgan fingerprint density at radius 1 is 1.05 bits per heavy atom.